The van der Waals surface area contributed by atoms with Gasteiger partial charge in [-0.2, -0.15) is 0 Å². The minimum atomic E-state index is -0.103. The molecule has 0 saturated carbocycles. The average Bonchev–Trinajstić information content (AvgIpc) is 2.66. The number of rotatable bonds is 3. The Morgan fingerprint density at radius 1 is 1.04 bits per heavy atom. The molecule has 1 aliphatic heterocycles. The normalized spacial score (nSPS) is 14.9. The summed E-state index contributed by atoms with van der Waals surface area (Å²) in [6.45, 7) is 2.60. The van der Waals surface area contributed by atoms with Crippen LogP contribution in [0, 0.1) is 0 Å². The van der Waals surface area contributed by atoms with Crippen molar-refractivity contribution in [1.82, 2.24) is 4.90 Å². The van der Waals surface area contributed by atoms with Crippen LogP contribution < -0.4 is 5.43 Å². The van der Waals surface area contributed by atoms with Crippen LogP contribution in [0.4, 0.5) is 0 Å². The van der Waals surface area contributed by atoms with Gasteiger partial charge in [0.1, 0.15) is 17.6 Å². The van der Waals surface area contributed by atoms with E-state index in [-0.39, 0.29) is 18.6 Å². The standard InChI is InChI=1S/C21H20ClNO3.CH4/c22-15-6-4-14(5-7-15)18-13-26-21-16(20(18)25)8-9-19(24)17(21)12-23-10-2-1-3-11-23;/h4-9,13,24H,1-3,10-12H2;1H4. The van der Waals surface area contributed by atoms with Gasteiger partial charge in [0.05, 0.1) is 16.5 Å². The fourth-order valence-electron chi connectivity index (χ4n) is 3.57. The van der Waals surface area contributed by atoms with Crippen LogP contribution in [0.5, 0.6) is 5.75 Å². The molecule has 5 heteroatoms. The van der Waals surface area contributed by atoms with Crippen molar-refractivity contribution in [2.75, 3.05) is 13.1 Å². The second kappa shape index (κ2) is 8.15. The molecule has 1 fully saturated rings. The number of hydrogen-bond acceptors (Lipinski definition) is 4. The molecule has 142 valence electrons. The predicted molar refractivity (Wildman–Crippen MR) is 110 cm³/mol. The zero-order valence-corrected chi connectivity index (χ0v) is 15.1. The highest BCUT2D eigenvalue weighted by Crippen LogP contribution is 2.30. The predicted octanol–water partition coefficient (Wildman–Crippen LogP) is 5.44. The van der Waals surface area contributed by atoms with Crippen molar-refractivity contribution < 1.29 is 9.52 Å². The highest BCUT2D eigenvalue weighted by atomic mass is 35.5. The van der Waals surface area contributed by atoms with Crippen molar-refractivity contribution in [3.63, 3.8) is 0 Å². The third-order valence-electron chi connectivity index (χ3n) is 5.01. The number of benzene rings is 2. The smallest absolute Gasteiger partial charge is 0.200 e. The van der Waals surface area contributed by atoms with Gasteiger partial charge in [0, 0.05) is 11.6 Å². The number of aromatic hydroxyl groups is 1. The number of phenols is 1. The van der Waals surface area contributed by atoms with E-state index >= 15 is 0 Å². The summed E-state index contributed by atoms with van der Waals surface area (Å²) in [5.41, 5.74) is 2.30. The fraction of sp³-hybridized carbons (Fsp3) is 0.318. The van der Waals surface area contributed by atoms with Gasteiger partial charge >= 0.3 is 0 Å². The number of nitrogens with zero attached hydrogens (tertiary/aromatic N) is 1. The van der Waals surface area contributed by atoms with Crippen molar-refractivity contribution in [1.29, 1.82) is 0 Å². The monoisotopic (exact) mass is 385 g/mol. The van der Waals surface area contributed by atoms with E-state index in [1.807, 2.05) is 0 Å². The zero-order chi connectivity index (χ0) is 18.1. The van der Waals surface area contributed by atoms with E-state index in [1.54, 1.807) is 36.4 Å². The Morgan fingerprint density at radius 2 is 1.74 bits per heavy atom. The molecule has 0 unspecified atom stereocenters. The molecule has 1 N–H and O–H groups in total. The van der Waals surface area contributed by atoms with Crippen LogP contribution in [0.15, 0.2) is 51.9 Å². The van der Waals surface area contributed by atoms with Gasteiger partial charge in [-0.3, -0.25) is 9.69 Å². The Bertz CT molecular complexity index is 989. The maximum absolute atomic E-state index is 13.0. The maximum Gasteiger partial charge on any atom is 0.200 e. The summed E-state index contributed by atoms with van der Waals surface area (Å²) in [5.74, 6) is 0.172. The summed E-state index contributed by atoms with van der Waals surface area (Å²) in [6, 6.07) is 10.3. The van der Waals surface area contributed by atoms with Crippen LogP contribution >= 0.6 is 11.6 Å². The van der Waals surface area contributed by atoms with Gasteiger partial charge in [0.15, 0.2) is 0 Å². The highest BCUT2D eigenvalue weighted by molar-refractivity contribution is 6.30. The molecule has 4 rings (SSSR count). The van der Waals surface area contributed by atoms with E-state index in [9.17, 15) is 9.90 Å². The first kappa shape index (κ1) is 19.5. The first-order chi connectivity index (χ1) is 12.6. The molecule has 1 aliphatic rings. The topological polar surface area (TPSA) is 53.7 Å². The van der Waals surface area contributed by atoms with E-state index in [0.717, 1.165) is 31.5 Å². The molecule has 0 atom stereocenters. The first-order valence-electron chi connectivity index (χ1n) is 8.88. The van der Waals surface area contributed by atoms with Crippen LogP contribution in [0.1, 0.15) is 32.3 Å². The molecule has 0 spiro atoms. The Morgan fingerprint density at radius 3 is 2.44 bits per heavy atom. The number of halogens is 1. The van der Waals surface area contributed by atoms with E-state index < -0.39 is 0 Å². The van der Waals surface area contributed by atoms with Crippen LogP contribution in [-0.2, 0) is 6.54 Å². The summed E-state index contributed by atoms with van der Waals surface area (Å²) in [7, 11) is 0. The Hall–Kier alpha value is -2.30. The molecule has 2 aromatic carbocycles. The molecule has 3 aromatic rings. The summed E-state index contributed by atoms with van der Waals surface area (Å²) >= 11 is 5.93. The fourth-order valence-corrected chi connectivity index (χ4v) is 3.70. The largest absolute Gasteiger partial charge is 0.507 e. The van der Waals surface area contributed by atoms with Crippen LogP contribution in [0.25, 0.3) is 22.1 Å². The summed E-state index contributed by atoms with van der Waals surface area (Å²) in [4.78, 5) is 15.3. The van der Waals surface area contributed by atoms with Crippen LogP contribution in [-0.4, -0.2) is 23.1 Å². The second-order valence-corrected chi connectivity index (χ2v) is 7.20. The van der Waals surface area contributed by atoms with Gasteiger partial charge in [0.2, 0.25) is 5.43 Å². The van der Waals surface area contributed by atoms with Gasteiger partial charge < -0.3 is 9.52 Å². The third kappa shape index (κ3) is 3.87. The lowest BCUT2D eigenvalue weighted by Crippen LogP contribution is -2.29. The lowest BCUT2D eigenvalue weighted by molar-refractivity contribution is 0.218. The summed E-state index contributed by atoms with van der Waals surface area (Å²) in [5, 5.41) is 11.4. The SMILES string of the molecule is C.O=c1c(-c2ccc(Cl)cc2)coc2c(CN3CCCCC3)c(O)ccc12. The lowest BCUT2D eigenvalue weighted by atomic mass is 10.0. The van der Waals surface area contributed by atoms with E-state index in [1.165, 1.54) is 12.7 Å². The van der Waals surface area contributed by atoms with Crippen molar-refractivity contribution in [2.24, 2.45) is 0 Å². The van der Waals surface area contributed by atoms with Crippen molar-refractivity contribution >= 4 is 22.6 Å². The minimum Gasteiger partial charge on any atom is -0.507 e. The second-order valence-electron chi connectivity index (χ2n) is 6.76. The van der Waals surface area contributed by atoms with Crippen molar-refractivity contribution in [2.45, 2.75) is 33.2 Å². The number of hydrogen-bond donors (Lipinski definition) is 1. The molecule has 4 nitrogen and oxygen atoms in total. The zero-order valence-electron chi connectivity index (χ0n) is 14.4. The molecular formula is C22H24ClNO3. The van der Waals surface area contributed by atoms with Gasteiger partial charge in [-0.1, -0.05) is 37.6 Å². The number of phenolic OH excluding ortho intramolecular Hbond substituents is 1. The quantitative estimate of drug-likeness (QED) is 0.652. The minimum absolute atomic E-state index is 0. The maximum atomic E-state index is 13.0. The Balaban J connectivity index is 0.00000210. The first-order valence-corrected chi connectivity index (χ1v) is 9.26. The molecule has 27 heavy (non-hydrogen) atoms. The molecule has 0 amide bonds. The molecule has 0 aliphatic carbocycles. The van der Waals surface area contributed by atoms with E-state index in [2.05, 4.69) is 4.90 Å². The number of likely N-dealkylation sites (tertiary alicyclic amines) is 1. The average molecular weight is 386 g/mol. The van der Waals surface area contributed by atoms with Gasteiger partial charge in [-0.25, -0.2) is 0 Å². The van der Waals surface area contributed by atoms with Crippen molar-refractivity contribution in [3.8, 4) is 16.9 Å². The van der Waals surface area contributed by atoms with Crippen LogP contribution in [0.2, 0.25) is 5.02 Å². The molecule has 1 saturated heterocycles. The molecule has 0 bridgehead atoms. The molecule has 2 heterocycles. The Labute approximate surface area is 164 Å². The van der Waals surface area contributed by atoms with Crippen LogP contribution in [0.3, 0.4) is 0 Å². The van der Waals surface area contributed by atoms with Gasteiger partial charge in [-0.15, -0.1) is 0 Å². The Kier molecular flexibility index (Phi) is 5.88. The van der Waals surface area contributed by atoms with Gasteiger partial charge in [0.25, 0.3) is 0 Å². The number of piperidine rings is 1. The van der Waals surface area contributed by atoms with Gasteiger partial charge in [-0.05, 0) is 55.8 Å². The van der Waals surface area contributed by atoms with E-state index in [0.29, 0.717) is 33.7 Å². The molecular weight excluding hydrogens is 362 g/mol. The molecule has 0 radical (unpaired) electrons. The third-order valence-corrected chi connectivity index (χ3v) is 5.26. The highest BCUT2D eigenvalue weighted by Gasteiger charge is 2.18. The summed E-state index contributed by atoms with van der Waals surface area (Å²) in [6.07, 6.45) is 5.05. The number of fused-ring (bicyclic) bond motifs is 1. The van der Waals surface area contributed by atoms with Crippen molar-refractivity contribution in [3.05, 3.63) is 63.5 Å². The van der Waals surface area contributed by atoms with E-state index in [4.69, 9.17) is 16.0 Å². The molecule has 1 aromatic heterocycles. The lowest BCUT2D eigenvalue weighted by Gasteiger charge is -2.26. The summed E-state index contributed by atoms with van der Waals surface area (Å²) < 4.78 is 5.84.